The van der Waals surface area contributed by atoms with Crippen LogP contribution in [-0.2, 0) is 0 Å². The first-order valence-electron chi connectivity index (χ1n) is 6.24. The largest absolute Gasteiger partial charge is 0.358 e. The molecule has 3 aromatic rings. The average Bonchev–Trinajstić information content (AvgIpc) is 2.82. The van der Waals surface area contributed by atoms with E-state index in [2.05, 4.69) is 21.0 Å². The van der Waals surface area contributed by atoms with Crippen molar-refractivity contribution < 1.29 is 0 Å². The molecular formula is C15H13N5. The molecule has 3 rings (SSSR count). The van der Waals surface area contributed by atoms with Crippen LogP contribution in [0.2, 0.25) is 0 Å². The van der Waals surface area contributed by atoms with Crippen molar-refractivity contribution in [2.45, 2.75) is 6.92 Å². The predicted molar refractivity (Wildman–Crippen MR) is 78.1 cm³/mol. The summed E-state index contributed by atoms with van der Waals surface area (Å²) in [5, 5.41) is 9.97. The third-order valence-electron chi connectivity index (χ3n) is 3.27. The van der Waals surface area contributed by atoms with Gasteiger partial charge in [-0.15, -0.1) is 0 Å². The average molecular weight is 263 g/mol. The van der Waals surface area contributed by atoms with Crippen LogP contribution < -0.4 is 4.90 Å². The SMILES string of the molecule is Cc1[nH]c2ccccc2c1-c1cnc(N(C)C#N)nc1. The molecule has 2 aromatic heterocycles. The second kappa shape index (κ2) is 4.67. The molecule has 0 bridgehead atoms. The summed E-state index contributed by atoms with van der Waals surface area (Å²) in [6, 6.07) is 8.13. The van der Waals surface area contributed by atoms with Crippen LogP contribution in [0.1, 0.15) is 5.69 Å². The van der Waals surface area contributed by atoms with Gasteiger partial charge in [-0.3, -0.25) is 4.90 Å². The fraction of sp³-hybridized carbons (Fsp3) is 0.133. The molecule has 5 heteroatoms. The molecule has 5 nitrogen and oxygen atoms in total. The Morgan fingerprint density at radius 2 is 1.90 bits per heavy atom. The fourth-order valence-corrected chi connectivity index (χ4v) is 2.32. The molecular weight excluding hydrogens is 250 g/mol. The van der Waals surface area contributed by atoms with Crippen molar-refractivity contribution in [3.63, 3.8) is 0 Å². The van der Waals surface area contributed by atoms with Crippen LogP contribution in [0.15, 0.2) is 36.7 Å². The van der Waals surface area contributed by atoms with Gasteiger partial charge in [0.2, 0.25) is 5.95 Å². The molecule has 20 heavy (non-hydrogen) atoms. The number of anilines is 1. The van der Waals surface area contributed by atoms with E-state index in [9.17, 15) is 0 Å². The molecule has 0 unspecified atom stereocenters. The zero-order valence-corrected chi connectivity index (χ0v) is 11.3. The van der Waals surface area contributed by atoms with Gasteiger partial charge in [0.05, 0.1) is 0 Å². The molecule has 0 aliphatic heterocycles. The summed E-state index contributed by atoms with van der Waals surface area (Å²) in [4.78, 5) is 13.1. The Morgan fingerprint density at radius 1 is 1.20 bits per heavy atom. The van der Waals surface area contributed by atoms with Gasteiger partial charge in [-0.1, -0.05) is 18.2 Å². The number of nitriles is 1. The maximum absolute atomic E-state index is 8.82. The molecule has 0 aliphatic carbocycles. The summed E-state index contributed by atoms with van der Waals surface area (Å²) in [7, 11) is 1.63. The molecule has 0 spiro atoms. The molecule has 0 amide bonds. The van der Waals surface area contributed by atoms with Gasteiger partial charge >= 0.3 is 0 Å². The molecule has 0 fully saturated rings. The number of hydrogen-bond acceptors (Lipinski definition) is 4. The Labute approximate surface area is 116 Å². The normalized spacial score (nSPS) is 10.4. The smallest absolute Gasteiger partial charge is 0.238 e. The number of aromatic amines is 1. The molecule has 1 N–H and O–H groups in total. The van der Waals surface area contributed by atoms with Crippen LogP contribution in [0.25, 0.3) is 22.0 Å². The Morgan fingerprint density at radius 3 is 2.60 bits per heavy atom. The van der Waals surface area contributed by atoms with E-state index >= 15 is 0 Å². The second-order valence-electron chi connectivity index (χ2n) is 4.60. The second-order valence-corrected chi connectivity index (χ2v) is 4.60. The Bertz CT molecular complexity index is 795. The topological polar surface area (TPSA) is 68.6 Å². The number of benzene rings is 1. The number of para-hydroxylation sites is 1. The van der Waals surface area contributed by atoms with E-state index in [-0.39, 0.29) is 0 Å². The highest BCUT2D eigenvalue weighted by Crippen LogP contribution is 2.31. The van der Waals surface area contributed by atoms with Crippen LogP contribution >= 0.6 is 0 Å². The highest BCUT2D eigenvalue weighted by atomic mass is 15.2. The highest BCUT2D eigenvalue weighted by Gasteiger charge is 2.11. The number of nitrogens with one attached hydrogen (secondary N) is 1. The number of hydrogen-bond donors (Lipinski definition) is 1. The number of fused-ring (bicyclic) bond motifs is 1. The van der Waals surface area contributed by atoms with E-state index in [0.717, 1.165) is 27.7 Å². The maximum Gasteiger partial charge on any atom is 0.238 e. The van der Waals surface area contributed by atoms with Crippen LogP contribution in [0.3, 0.4) is 0 Å². The van der Waals surface area contributed by atoms with Crippen LogP contribution in [0.4, 0.5) is 5.95 Å². The minimum Gasteiger partial charge on any atom is -0.358 e. The number of aryl methyl sites for hydroxylation is 1. The monoisotopic (exact) mass is 263 g/mol. The number of H-pyrrole nitrogens is 1. The summed E-state index contributed by atoms with van der Waals surface area (Å²) in [5.74, 6) is 0.397. The molecule has 0 radical (unpaired) electrons. The van der Waals surface area contributed by atoms with Gasteiger partial charge in [0.15, 0.2) is 6.19 Å². The van der Waals surface area contributed by atoms with E-state index < -0.39 is 0 Å². The fourth-order valence-electron chi connectivity index (χ4n) is 2.32. The molecule has 0 atom stereocenters. The van der Waals surface area contributed by atoms with Gasteiger partial charge in [0.25, 0.3) is 0 Å². The Balaban J connectivity index is 2.12. The summed E-state index contributed by atoms with van der Waals surface area (Å²) in [6.45, 7) is 2.03. The maximum atomic E-state index is 8.82. The minimum absolute atomic E-state index is 0.397. The van der Waals surface area contributed by atoms with Crippen molar-refractivity contribution >= 4 is 16.9 Å². The van der Waals surface area contributed by atoms with E-state index in [4.69, 9.17) is 5.26 Å². The lowest BCUT2D eigenvalue weighted by molar-refractivity contribution is 1.04. The van der Waals surface area contributed by atoms with Crippen molar-refractivity contribution in [1.82, 2.24) is 15.0 Å². The van der Waals surface area contributed by atoms with Gasteiger partial charge in [-0.05, 0) is 13.0 Å². The van der Waals surface area contributed by atoms with Crippen molar-refractivity contribution in [1.29, 1.82) is 5.26 Å². The van der Waals surface area contributed by atoms with Crippen LogP contribution in [-0.4, -0.2) is 22.0 Å². The quantitative estimate of drug-likeness (QED) is 0.570. The van der Waals surface area contributed by atoms with Gasteiger partial charge in [0, 0.05) is 47.2 Å². The molecule has 0 aliphatic rings. The van der Waals surface area contributed by atoms with Crippen LogP contribution in [0, 0.1) is 18.4 Å². The van der Waals surface area contributed by atoms with Gasteiger partial charge in [-0.2, -0.15) is 5.26 Å². The Hall–Kier alpha value is -2.87. The minimum atomic E-state index is 0.397. The first kappa shape index (κ1) is 12.2. The first-order chi connectivity index (χ1) is 9.70. The summed E-state index contributed by atoms with van der Waals surface area (Å²) >= 11 is 0. The zero-order chi connectivity index (χ0) is 14.1. The lowest BCUT2D eigenvalue weighted by Gasteiger charge is -2.07. The third-order valence-corrected chi connectivity index (χ3v) is 3.27. The third kappa shape index (κ3) is 1.88. The van der Waals surface area contributed by atoms with Crippen molar-refractivity contribution in [3.8, 4) is 17.3 Å². The number of rotatable bonds is 2. The molecule has 2 heterocycles. The Kier molecular flexibility index (Phi) is 2.84. The van der Waals surface area contributed by atoms with Gasteiger partial charge < -0.3 is 4.98 Å². The first-order valence-corrected chi connectivity index (χ1v) is 6.24. The standard InChI is InChI=1S/C15H13N5/c1-10-14(12-5-3-4-6-13(12)19-10)11-7-17-15(18-8-11)20(2)9-16/h3-8,19H,1-2H3. The van der Waals surface area contributed by atoms with Crippen molar-refractivity contribution in [3.05, 3.63) is 42.4 Å². The van der Waals surface area contributed by atoms with E-state index in [1.807, 2.05) is 31.3 Å². The molecule has 98 valence electrons. The lowest BCUT2D eigenvalue weighted by atomic mass is 10.1. The zero-order valence-electron chi connectivity index (χ0n) is 11.3. The van der Waals surface area contributed by atoms with Gasteiger partial charge in [0.1, 0.15) is 0 Å². The number of aromatic nitrogens is 3. The van der Waals surface area contributed by atoms with Crippen molar-refractivity contribution in [2.75, 3.05) is 11.9 Å². The van der Waals surface area contributed by atoms with Crippen LogP contribution in [0.5, 0.6) is 0 Å². The number of nitrogens with zero attached hydrogens (tertiary/aromatic N) is 4. The van der Waals surface area contributed by atoms with E-state index in [0.29, 0.717) is 5.95 Å². The molecule has 1 aromatic carbocycles. The van der Waals surface area contributed by atoms with E-state index in [1.54, 1.807) is 19.4 Å². The molecule has 0 saturated heterocycles. The van der Waals surface area contributed by atoms with E-state index in [1.165, 1.54) is 4.90 Å². The van der Waals surface area contributed by atoms with Gasteiger partial charge in [-0.25, -0.2) is 9.97 Å². The molecule has 0 saturated carbocycles. The predicted octanol–water partition coefficient (Wildman–Crippen LogP) is 2.85. The highest BCUT2D eigenvalue weighted by molar-refractivity contribution is 5.97. The lowest BCUT2D eigenvalue weighted by Crippen LogP contribution is -2.11. The summed E-state index contributed by atoms with van der Waals surface area (Å²) in [5.41, 5.74) is 4.22. The summed E-state index contributed by atoms with van der Waals surface area (Å²) in [6.07, 6.45) is 5.48. The summed E-state index contributed by atoms with van der Waals surface area (Å²) < 4.78 is 0. The van der Waals surface area contributed by atoms with Crippen molar-refractivity contribution in [2.24, 2.45) is 0 Å².